The van der Waals surface area contributed by atoms with E-state index in [9.17, 15) is 27.6 Å². The van der Waals surface area contributed by atoms with Crippen LogP contribution in [0, 0.1) is 5.92 Å². The Bertz CT molecular complexity index is 2090. The lowest BCUT2D eigenvalue weighted by molar-refractivity contribution is -0.141. The smallest absolute Gasteiger partial charge is 0.408 e. The van der Waals surface area contributed by atoms with Gasteiger partial charge >= 0.3 is 6.09 Å². The molecular weight excluding hydrogens is 747 g/mol. The second-order valence-corrected chi connectivity index (χ2v) is 18.0. The number of aromatic nitrogens is 2. The molecule has 4 amide bonds. The highest BCUT2D eigenvalue weighted by atomic mass is 32.2. The van der Waals surface area contributed by atoms with E-state index in [2.05, 4.69) is 25.7 Å². The molecule has 1 aromatic carbocycles. The summed E-state index contributed by atoms with van der Waals surface area (Å²) in [7, 11) is -2.34. The van der Waals surface area contributed by atoms with Crippen molar-refractivity contribution in [3.05, 3.63) is 36.7 Å². The van der Waals surface area contributed by atoms with Gasteiger partial charge in [-0.1, -0.05) is 12.8 Å². The van der Waals surface area contributed by atoms with Crippen molar-refractivity contribution in [3.63, 3.8) is 0 Å². The van der Waals surface area contributed by atoms with Gasteiger partial charge in [-0.2, -0.15) is 0 Å². The molecule has 4 fully saturated rings. The molecule has 4 aliphatic rings. The molecule has 5 atom stereocenters. The summed E-state index contributed by atoms with van der Waals surface area (Å²) in [6.45, 7) is 5.67. The zero-order valence-corrected chi connectivity index (χ0v) is 32.8. The maximum atomic E-state index is 14.5. The fraction of sp³-hybridized carbons (Fsp3) is 0.579. The Morgan fingerprint density at radius 3 is 2.61 bits per heavy atom. The number of sulfonamides is 1. The minimum absolute atomic E-state index is 0.00451. The number of rotatable bonds is 8. The standard InChI is InChI=1S/C38H49N7O10S/c1-37(2,3)55-36(49)42-29-20-39-13-7-5-6-8-23-19-38(23,35(48)44-56(50,51)26-10-11-26)43-31(46)30-18-25(21-45(30)34(29)47)54-32-27-12-9-24(52-4)16-22(27)17-28(41-32)33-40-14-15-53-33/h9,12,14-17,23,25-26,29-30,39H,5-8,10-11,13,18-21H2,1-4H3,(H,42,49)(H,43,46)(H,44,48)/t23-,25?,29+,30+,38-/m1/s1. The van der Waals surface area contributed by atoms with E-state index in [-0.39, 0.29) is 43.6 Å². The number of benzene rings is 1. The van der Waals surface area contributed by atoms with Crippen LogP contribution in [0.15, 0.2) is 41.1 Å². The monoisotopic (exact) mass is 795 g/mol. The van der Waals surface area contributed by atoms with Crippen molar-refractivity contribution in [2.24, 2.45) is 5.92 Å². The normalized spacial score (nSPS) is 26.2. The van der Waals surface area contributed by atoms with E-state index in [1.807, 2.05) is 6.07 Å². The highest BCUT2D eigenvalue weighted by molar-refractivity contribution is 7.91. The Kier molecular flexibility index (Phi) is 10.9. The van der Waals surface area contributed by atoms with Gasteiger partial charge < -0.3 is 39.5 Å². The molecule has 0 radical (unpaired) electrons. The molecular formula is C38H49N7O10S. The number of nitrogens with zero attached hydrogens (tertiary/aromatic N) is 3. The molecule has 0 bridgehead atoms. The Hall–Kier alpha value is -4.97. The molecule has 2 aliphatic carbocycles. The zero-order valence-electron chi connectivity index (χ0n) is 32.0. The highest BCUT2D eigenvalue weighted by Crippen LogP contribution is 2.48. The van der Waals surface area contributed by atoms with Crippen LogP contribution in [-0.4, -0.2) is 108 Å². The van der Waals surface area contributed by atoms with E-state index in [1.54, 1.807) is 46.1 Å². The van der Waals surface area contributed by atoms with Crippen LogP contribution < -0.4 is 30.1 Å². The average Bonchev–Trinajstić information content (AvgIpc) is 4.00. The molecule has 1 unspecified atom stereocenters. The number of alkyl carbamates (subject to hydrolysis) is 1. The van der Waals surface area contributed by atoms with E-state index >= 15 is 0 Å². The predicted octanol–water partition coefficient (Wildman–Crippen LogP) is 2.79. The van der Waals surface area contributed by atoms with Crippen molar-refractivity contribution < 1.29 is 46.2 Å². The minimum atomic E-state index is -3.90. The number of nitrogens with one attached hydrogen (secondary N) is 4. The third-order valence-corrected chi connectivity index (χ3v) is 12.4. The first kappa shape index (κ1) is 39.3. The number of carbonyl (C=O) groups excluding carboxylic acids is 4. The number of ether oxygens (including phenoxy) is 3. The number of oxazole rings is 1. The Labute approximate surface area is 325 Å². The number of pyridine rings is 1. The molecule has 302 valence electrons. The molecule has 2 aliphatic heterocycles. The fourth-order valence-corrected chi connectivity index (χ4v) is 8.84. The van der Waals surface area contributed by atoms with Crippen LogP contribution >= 0.6 is 0 Å². The van der Waals surface area contributed by atoms with Crippen LogP contribution in [0.5, 0.6) is 11.6 Å². The lowest BCUT2D eigenvalue weighted by Gasteiger charge is -2.30. The second kappa shape index (κ2) is 15.5. The molecule has 2 aromatic heterocycles. The van der Waals surface area contributed by atoms with Crippen LogP contribution in [0.25, 0.3) is 22.4 Å². The number of hydrogen-bond acceptors (Lipinski definition) is 13. The molecule has 3 aromatic rings. The lowest BCUT2D eigenvalue weighted by Crippen LogP contribution is -2.59. The van der Waals surface area contributed by atoms with Gasteiger partial charge in [0.05, 0.1) is 25.1 Å². The van der Waals surface area contributed by atoms with Crippen LogP contribution in [-0.2, 0) is 29.1 Å². The van der Waals surface area contributed by atoms with Gasteiger partial charge in [-0.3, -0.25) is 19.1 Å². The summed E-state index contributed by atoms with van der Waals surface area (Å²) in [6, 6.07) is 4.86. The van der Waals surface area contributed by atoms with Gasteiger partial charge in [0.2, 0.25) is 33.6 Å². The summed E-state index contributed by atoms with van der Waals surface area (Å²) in [5.41, 5.74) is -1.91. The van der Waals surface area contributed by atoms with Gasteiger partial charge in [-0.15, -0.1) is 0 Å². The third-order valence-electron chi connectivity index (χ3n) is 10.6. The van der Waals surface area contributed by atoms with Crippen molar-refractivity contribution in [1.29, 1.82) is 0 Å². The summed E-state index contributed by atoms with van der Waals surface area (Å²) in [4.78, 5) is 66.1. The Morgan fingerprint density at radius 1 is 1.09 bits per heavy atom. The fourth-order valence-electron chi connectivity index (χ4n) is 7.48. The SMILES string of the molecule is COc1ccc2c(OC3C[C@H]4C(=O)N[C@]5(C(=O)NS(=O)(=O)C6CC6)C[C@H]5CCCCCNC[C@H](NC(=O)OC(C)(C)C)C(=O)N4C3)nc(-c3ncco3)cc2c1. The Balaban J connectivity index is 1.22. The minimum Gasteiger partial charge on any atom is -0.497 e. The van der Waals surface area contributed by atoms with Crippen LogP contribution in [0.4, 0.5) is 4.79 Å². The van der Waals surface area contributed by atoms with Crippen molar-refractivity contribution in [2.45, 2.75) is 107 Å². The maximum Gasteiger partial charge on any atom is 0.408 e. The van der Waals surface area contributed by atoms with E-state index in [1.165, 1.54) is 17.4 Å². The number of fused-ring (bicyclic) bond motifs is 3. The molecule has 2 saturated heterocycles. The predicted molar refractivity (Wildman–Crippen MR) is 202 cm³/mol. The number of hydrogen-bond donors (Lipinski definition) is 4. The third kappa shape index (κ3) is 8.70. The number of methoxy groups -OCH3 is 1. The second-order valence-electron chi connectivity index (χ2n) is 16.0. The van der Waals surface area contributed by atoms with Gasteiger partial charge in [0.15, 0.2) is 0 Å². The molecule has 18 heteroatoms. The topological polar surface area (TPSA) is 220 Å². The number of amides is 4. The first-order valence-corrected chi connectivity index (χ1v) is 20.6. The molecule has 2 saturated carbocycles. The molecule has 4 N–H and O–H groups in total. The largest absolute Gasteiger partial charge is 0.497 e. The van der Waals surface area contributed by atoms with Gasteiger partial charge in [-0.05, 0) is 95.0 Å². The van der Waals surface area contributed by atoms with Crippen molar-refractivity contribution >= 4 is 44.6 Å². The zero-order chi connectivity index (χ0) is 39.8. The maximum absolute atomic E-state index is 14.5. The average molecular weight is 796 g/mol. The summed E-state index contributed by atoms with van der Waals surface area (Å²) in [5, 5.41) is 9.58. The van der Waals surface area contributed by atoms with Gasteiger partial charge in [0.1, 0.15) is 47.0 Å². The lowest BCUT2D eigenvalue weighted by atomic mass is 10.1. The molecule has 7 rings (SSSR count). The molecule has 56 heavy (non-hydrogen) atoms. The molecule has 17 nitrogen and oxygen atoms in total. The number of carbonyl (C=O) groups is 4. The first-order chi connectivity index (χ1) is 26.7. The van der Waals surface area contributed by atoms with Gasteiger partial charge in [0.25, 0.3) is 5.91 Å². The first-order valence-electron chi connectivity index (χ1n) is 19.1. The molecule has 4 heterocycles. The van der Waals surface area contributed by atoms with E-state index in [0.29, 0.717) is 48.0 Å². The van der Waals surface area contributed by atoms with Crippen LogP contribution in [0.3, 0.4) is 0 Å². The Morgan fingerprint density at radius 2 is 1.89 bits per heavy atom. The summed E-state index contributed by atoms with van der Waals surface area (Å²) in [5.74, 6) is -1.21. The summed E-state index contributed by atoms with van der Waals surface area (Å²) >= 11 is 0. The van der Waals surface area contributed by atoms with Crippen LogP contribution in [0.2, 0.25) is 0 Å². The van der Waals surface area contributed by atoms with Gasteiger partial charge in [0, 0.05) is 18.4 Å². The summed E-state index contributed by atoms with van der Waals surface area (Å²) < 4.78 is 51.0. The van der Waals surface area contributed by atoms with E-state index < -0.39 is 68.4 Å². The van der Waals surface area contributed by atoms with Crippen molar-refractivity contribution in [3.8, 4) is 23.2 Å². The van der Waals surface area contributed by atoms with Crippen molar-refractivity contribution in [2.75, 3.05) is 26.7 Å². The molecule has 0 spiro atoms. The van der Waals surface area contributed by atoms with E-state index in [0.717, 1.165) is 19.3 Å². The quantitative estimate of drug-likeness (QED) is 0.258. The van der Waals surface area contributed by atoms with E-state index in [4.69, 9.17) is 23.6 Å². The van der Waals surface area contributed by atoms with Crippen molar-refractivity contribution in [1.82, 2.24) is 35.5 Å². The van der Waals surface area contributed by atoms with Crippen LogP contribution in [0.1, 0.15) is 72.1 Å². The summed E-state index contributed by atoms with van der Waals surface area (Å²) in [6.07, 6.45) is 5.44. The highest BCUT2D eigenvalue weighted by Gasteiger charge is 2.62. The van der Waals surface area contributed by atoms with Gasteiger partial charge in [-0.25, -0.2) is 23.2 Å².